The molecule has 6 heteroatoms. The van der Waals surface area contributed by atoms with Crippen molar-refractivity contribution in [2.24, 2.45) is 5.92 Å². The summed E-state index contributed by atoms with van der Waals surface area (Å²) in [5, 5.41) is 18.3. The molecule has 166 valence electrons. The van der Waals surface area contributed by atoms with E-state index in [4.69, 9.17) is 10.00 Å². The molecule has 0 unspecified atom stereocenters. The van der Waals surface area contributed by atoms with Gasteiger partial charge in [0.15, 0.2) is 5.78 Å². The van der Waals surface area contributed by atoms with Gasteiger partial charge in [-0.25, -0.2) is 0 Å². The van der Waals surface area contributed by atoms with Gasteiger partial charge in [0.1, 0.15) is 18.1 Å². The van der Waals surface area contributed by atoms with Gasteiger partial charge in [0.05, 0.1) is 11.6 Å². The third kappa shape index (κ3) is 5.39. The molecule has 6 nitrogen and oxygen atoms in total. The fraction of sp³-hybridized carbons (Fsp3) is 0.222. The molecule has 1 heterocycles. The summed E-state index contributed by atoms with van der Waals surface area (Å²) in [5.41, 5.74) is 2.64. The fourth-order valence-corrected chi connectivity index (χ4v) is 3.98. The summed E-state index contributed by atoms with van der Waals surface area (Å²) in [5.74, 6) is 0.683. The van der Waals surface area contributed by atoms with E-state index in [0.29, 0.717) is 55.0 Å². The Morgan fingerprint density at radius 2 is 1.67 bits per heavy atom. The van der Waals surface area contributed by atoms with Crippen molar-refractivity contribution in [3.8, 4) is 17.6 Å². The first-order valence-electron chi connectivity index (χ1n) is 10.9. The van der Waals surface area contributed by atoms with Crippen molar-refractivity contribution in [2.75, 3.05) is 13.1 Å². The van der Waals surface area contributed by atoms with E-state index >= 15 is 0 Å². The molecule has 0 atom stereocenters. The molecule has 0 bridgehead atoms. The van der Waals surface area contributed by atoms with Crippen LogP contribution in [0.1, 0.15) is 44.7 Å². The van der Waals surface area contributed by atoms with E-state index in [-0.39, 0.29) is 23.4 Å². The van der Waals surface area contributed by atoms with Gasteiger partial charge >= 0.3 is 0 Å². The summed E-state index contributed by atoms with van der Waals surface area (Å²) >= 11 is 0. The lowest BCUT2D eigenvalue weighted by Gasteiger charge is -2.31. The molecule has 1 amide bonds. The van der Waals surface area contributed by atoms with Gasteiger partial charge in [-0.15, -0.1) is 0 Å². The number of phenolic OH excluding ortho intramolecular Hbond substituents is 1. The molecule has 0 aromatic heterocycles. The Bertz CT molecular complexity index is 1170. The predicted molar refractivity (Wildman–Crippen MR) is 123 cm³/mol. The van der Waals surface area contributed by atoms with Gasteiger partial charge in [-0.05, 0) is 79.1 Å². The maximum Gasteiger partial charge on any atom is 0.253 e. The van der Waals surface area contributed by atoms with Crippen LogP contribution >= 0.6 is 0 Å². The number of benzene rings is 3. The van der Waals surface area contributed by atoms with Crippen molar-refractivity contribution in [1.29, 1.82) is 5.26 Å². The predicted octanol–water partition coefficient (Wildman–Crippen LogP) is 4.58. The maximum atomic E-state index is 13.0. The minimum absolute atomic E-state index is 0.0502. The molecule has 33 heavy (non-hydrogen) atoms. The highest BCUT2D eigenvalue weighted by Gasteiger charge is 2.28. The number of hydrogen-bond donors (Lipinski definition) is 1. The van der Waals surface area contributed by atoms with E-state index in [2.05, 4.69) is 6.07 Å². The Kier molecular flexibility index (Phi) is 6.70. The number of ether oxygens (including phenoxy) is 1. The van der Waals surface area contributed by atoms with Crippen LogP contribution in [0.2, 0.25) is 0 Å². The minimum Gasteiger partial charge on any atom is -0.508 e. The van der Waals surface area contributed by atoms with E-state index in [0.717, 1.165) is 5.56 Å². The lowest BCUT2D eigenvalue weighted by atomic mass is 9.88. The van der Waals surface area contributed by atoms with E-state index in [9.17, 15) is 14.7 Å². The van der Waals surface area contributed by atoms with E-state index in [1.165, 1.54) is 12.1 Å². The van der Waals surface area contributed by atoms with E-state index < -0.39 is 0 Å². The first kappa shape index (κ1) is 22.1. The number of carbonyl (C=O) groups excluding carboxylic acids is 2. The Labute approximate surface area is 192 Å². The molecule has 0 saturated carbocycles. The van der Waals surface area contributed by atoms with Crippen LogP contribution in [0.4, 0.5) is 0 Å². The molecule has 1 saturated heterocycles. The summed E-state index contributed by atoms with van der Waals surface area (Å²) in [6.07, 6.45) is 1.24. The number of likely N-dealkylation sites (tertiary alicyclic amines) is 1. The van der Waals surface area contributed by atoms with Crippen LogP contribution in [0.5, 0.6) is 11.5 Å². The average Bonchev–Trinajstić information content (AvgIpc) is 2.87. The SMILES string of the molecule is N#Cc1ccc(OCc2cccc(C(=O)N3CCC(C(=O)c4ccc(O)cc4)CC3)c2)cc1. The second-order valence-corrected chi connectivity index (χ2v) is 8.10. The molecular weight excluding hydrogens is 416 g/mol. The van der Waals surface area contributed by atoms with Crippen molar-refractivity contribution in [2.45, 2.75) is 19.4 Å². The molecule has 0 aliphatic carbocycles. The zero-order chi connectivity index (χ0) is 23.2. The van der Waals surface area contributed by atoms with Gasteiger partial charge in [0.25, 0.3) is 5.91 Å². The number of Topliss-reactive ketones (excluding diaryl/α,β-unsaturated/α-hetero) is 1. The normalized spacial score (nSPS) is 13.8. The van der Waals surface area contributed by atoms with Gasteiger partial charge in [-0.1, -0.05) is 12.1 Å². The monoisotopic (exact) mass is 440 g/mol. The molecule has 1 aliphatic rings. The second-order valence-electron chi connectivity index (χ2n) is 8.10. The Balaban J connectivity index is 1.33. The zero-order valence-electron chi connectivity index (χ0n) is 18.1. The molecule has 0 spiro atoms. The van der Waals surface area contributed by atoms with E-state index in [1.54, 1.807) is 47.4 Å². The van der Waals surface area contributed by atoms with Crippen molar-refractivity contribution < 1.29 is 19.4 Å². The van der Waals surface area contributed by atoms with Gasteiger partial charge in [-0.2, -0.15) is 5.26 Å². The van der Waals surface area contributed by atoms with Crippen LogP contribution in [0.25, 0.3) is 0 Å². The van der Waals surface area contributed by atoms with Crippen LogP contribution < -0.4 is 4.74 Å². The summed E-state index contributed by atoms with van der Waals surface area (Å²) in [6, 6.07) is 22.7. The number of piperidine rings is 1. The summed E-state index contributed by atoms with van der Waals surface area (Å²) in [6.45, 7) is 1.37. The van der Waals surface area contributed by atoms with Crippen LogP contribution in [-0.4, -0.2) is 34.8 Å². The average molecular weight is 440 g/mol. The largest absolute Gasteiger partial charge is 0.508 e. The highest BCUT2D eigenvalue weighted by molar-refractivity contribution is 5.98. The van der Waals surface area contributed by atoms with Crippen molar-refractivity contribution in [3.05, 3.63) is 95.1 Å². The Morgan fingerprint density at radius 1 is 0.970 bits per heavy atom. The van der Waals surface area contributed by atoms with Crippen LogP contribution in [-0.2, 0) is 6.61 Å². The molecule has 1 N–H and O–H groups in total. The lowest BCUT2D eigenvalue weighted by molar-refractivity contribution is 0.0650. The van der Waals surface area contributed by atoms with Crippen molar-refractivity contribution >= 4 is 11.7 Å². The molecular formula is C27H24N2O4. The highest BCUT2D eigenvalue weighted by Crippen LogP contribution is 2.24. The third-order valence-corrected chi connectivity index (χ3v) is 5.87. The molecule has 3 aromatic rings. The number of phenols is 1. The molecule has 3 aromatic carbocycles. The number of aromatic hydroxyl groups is 1. The Morgan fingerprint density at radius 3 is 2.33 bits per heavy atom. The summed E-state index contributed by atoms with van der Waals surface area (Å²) in [4.78, 5) is 27.5. The molecule has 0 radical (unpaired) electrons. The lowest BCUT2D eigenvalue weighted by Crippen LogP contribution is -2.40. The van der Waals surface area contributed by atoms with Gasteiger partial charge in [-0.3, -0.25) is 9.59 Å². The summed E-state index contributed by atoms with van der Waals surface area (Å²) < 4.78 is 5.77. The third-order valence-electron chi connectivity index (χ3n) is 5.87. The zero-order valence-corrected chi connectivity index (χ0v) is 18.1. The number of amides is 1. The van der Waals surface area contributed by atoms with Crippen molar-refractivity contribution in [3.63, 3.8) is 0 Å². The summed E-state index contributed by atoms with van der Waals surface area (Å²) in [7, 11) is 0. The van der Waals surface area contributed by atoms with Crippen LogP contribution in [0.15, 0.2) is 72.8 Å². The molecule has 1 fully saturated rings. The smallest absolute Gasteiger partial charge is 0.253 e. The molecule has 1 aliphatic heterocycles. The first-order valence-corrected chi connectivity index (χ1v) is 10.9. The van der Waals surface area contributed by atoms with Crippen LogP contribution in [0.3, 0.4) is 0 Å². The van der Waals surface area contributed by atoms with Gasteiger partial charge in [0.2, 0.25) is 0 Å². The minimum atomic E-state index is -0.120. The van der Waals surface area contributed by atoms with Crippen LogP contribution in [0, 0.1) is 17.2 Å². The second kappa shape index (κ2) is 10.0. The number of nitrogens with zero attached hydrogens (tertiary/aromatic N) is 2. The molecule has 4 rings (SSSR count). The fourth-order valence-electron chi connectivity index (χ4n) is 3.98. The maximum absolute atomic E-state index is 13.0. The number of rotatable bonds is 6. The quantitative estimate of drug-likeness (QED) is 0.567. The number of nitriles is 1. The number of hydrogen-bond acceptors (Lipinski definition) is 5. The van der Waals surface area contributed by atoms with Gasteiger partial charge in [0, 0.05) is 30.1 Å². The number of ketones is 1. The topological polar surface area (TPSA) is 90.6 Å². The standard InChI is InChI=1S/C27H24N2O4/c28-17-19-4-10-25(11-5-19)33-18-20-2-1-3-23(16-20)27(32)29-14-12-22(13-15-29)26(31)21-6-8-24(30)9-7-21/h1-11,16,22,30H,12-15,18H2. The van der Waals surface area contributed by atoms with E-state index in [1.807, 2.05) is 18.2 Å². The first-order chi connectivity index (χ1) is 16.0. The van der Waals surface area contributed by atoms with Gasteiger partial charge < -0.3 is 14.7 Å². The number of carbonyl (C=O) groups is 2. The van der Waals surface area contributed by atoms with Crippen molar-refractivity contribution in [1.82, 2.24) is 4.90 Å². The highest BCUT2D eigenvalue weighted by atomic mass is 16.5. The Hall–Kier alpha value is -4.11.